The van der Waals surface area contributed by atoms with Gasteiger partial charge in [-0.3, -0.25) is 9.59 Å². The molecule has 1 amide bonds. The molecule has 1 aliphatic heterocycles. The molecular weight excluding hydrogens is 318 g/mol. The van der Waals surface area contributed by atoms with E-state index in [0.29, 0.717) is 6.54 Å². The highest BCUT2D eigenvalue weighted by molar-refractivity contribution is 5.87. The Morgan fingerprint density at radius 2 is 2.12 bits per heavy atom. The highest BCUT2D eigenvalue weighted by atomic mass is 16.6. The number of rotatable bonds is 7. The summed E-state index contributed by atoms with van der Waals surface area (Å²) in [6, 6.07) is 8.02. The van der Waals surface area contributed by atoms with Gasteiger partial charge in [0.05, 0.1) is 23.4 Å². The normalized spacial score (nSPS) is 19.1. The van der Waals surface area contributed by atoms with E-state index >= 15 is 0 Å². The Hall–Kier alpha value is -2.37. The lowest BCUT2D eigenvalue weighted by Crippen LogP contribution is -2.40. The van der Waals surface area contributed by atoms with Gasteiger partial charge in [0.25, 0.3) is 0 Å². The molecule has 0 spiro atoms. The van der Waals surface area contributed by atoms with Gasteiger partial charge < -0.3 is 15.0 Å². The summed E-state index contributed by atoms with van der Waals surface area (Å²) in [5.74, 6) is 0.230. The molecule has 25 heavy (non-hydrogen) atoms. The number of carbonyl (C=O) groups excluding carboxylic acids is 2. The summed E-state index contributed by atoms with van der Waals surface area (Å²) in [6.45, 7) is 4.20. The summed E-state index contributed by atoms with van der Waals surface area (Å²) in [5.41, 5.74) is 1.36. The summed E-state index contributed by atoms with van der Waals surface area (Å²) >= 11 is 0. The third kappa shape index (κ3) is 4.18. The Bertz CT molecular complexity index is 733. The van der Waals surface area contributed by atoms with Gasteiger partial charge in [0, 0.05) is 13.0 Å². The van der Waals surface area contributed by atoms with Crippen LogP contribution in [0, 0.1) is 5.92 Å². The molecule has 0 bridgehead atoms. The molecule has 1 aromatic carbocycles. The van der Waals surface area contributed by atoms with Crippen LogP contribution in [0.2, 0.25) is 0 Å². The molecule has 134 valence electrons. The Morgan fingerprint density at radius 1 is 1.32 bits per heavy atom. The Balaban J connectivity index is 1.35. The van der Waals surface area contributed by atoms with E-state index < -0.39 is 11.5 Å². The fraction of sp³-hybridized carbons (Fsp3) is 0.526. The quantitative estimate of drug-likeness (QED) is 0.598. The van der Waals surface area contributed by atoms with Crippen molar-refractivity contribution in [1.29, 1.82) is 0 Å². The van der Waals surface area contributed by atoms with Crippen molar-refractivity contribution in [3.05, 3.63) is 30.1 Å². The molecule has 1 aromatic heterocycles. The Morgan fingerprint density at radius 3 is 2.84 bits per heavy atom. The number of H-pyrrole nitrogens is 1. The summed E-state index contributed by atoms with van der Waals surface area (Å²) in [7, 11) is 0. The molecule has 1 saturated heterocycles. The molecule has 1 fully saturated rings. The predicted molar refractivity (Wildman–Crippen MR) is 94.9 cm³/mol. The van der Waals surface area contributed by atoms with E-state index in [9.17, 15) is 9.59 Å². The molecular formula is C19H25N3O3. The minimum atomic E-state index is -0.706. The number of aryl methyl sites for hydroxylation is 1. The van der Waals surface area contributed by atoms with E-state index in [-0.39, 0.29) is 18.3 Å². The number of nitrogens with zero attached hydrogens (tertiary/aromatic N) is 1. The number of imidazole rings is 1. The van der Waals surface area contributed by atoms with Gasteiger partial charge in [-0.1, -0.05) is 18.6 Å². The van der Waals surface area contributed by atoms with Crippen LogP contribution in [0.15, 0.2) is 24.3 Å². The van der Waals surface area contributed by atoms with Gasteiger partial charge in [0.1, 0.15) is 11.4 Å². The maximum Gasteiger partial charge on any atom is 0.307 e. The molecule has 0 radical (unpaired) electrons. The first-order chi connectivity index (χ1) is 12.0. The largest absolute Gasteiger partial charge is 0.459 e. The van der Waals surface area contributed by atoms with Crippen molar-refractivity contribution in [3.8, 4) is 0 Å². The van der Waals surface area contributed by atoms with E-state index in [1.807, 2.05) is 24.3 Å². The molecule has 6 nitrogen and oxygen atoms in total. The van der Waals surface area contributed by atoms with Crippen molar-refractivity contribution >= 4 is 22.9 Å². The number of hydrogen-bond acceptors (Lipinski definition) is 4. The number of amides is 1. The van der Waals surface area contributed by atoms with Gasteiger partial charge >= 0.3 is 5.97 Å². The number of aromatic amines is 1. The zero-order chi connectivity index (χ0) is 17.9. The van der Waals surface area contributed by atoms with Crippen LogP contribution < -0.4 is 5.32 Å². The number of cyclic esters (lactones) is 1. The molecule has 0 saturated carbocycles. The molecule has 2 heterocycles. The number of hydrogen-bond donors (Lipinski definition) is 2. The van der Waals surface area contributed by atoms with Gasteiger partial charge in [-0.2, -0.15) is 0 Å². The number of para-hydroxylation sites is 2. The second-order valence-corrected chi connectivity index (χ2v) is 7.14. The van der Waals surface area contributed by atoms with Gasteiger partial charge in [0.2, 0.25) is 5.91 Å². The molecule has 0 aliphatic carbocycles. The van der Waals surface area contributed by atoms with E-state index in [4.69, 9.17) is 4.74 Å². The van der Waals surface area contributed by atoms with Crippen LogP contribution in [0.3, 0.4) is 0 Å². The smallest absolute Gasteiger partial charge is 0.307 e. The standard InChI is InChI=1S/C19H25N3O3/c1-19(2)13(12-17(23)25-19)18(24)20-11-7-3-4-10-16-21-14-8-5-6-9-15(14)22-16/h5-6,8-9,13H,3-4,7,10-12H2,1-2H3,(H,20,24)(H,21,22). The van der Waals surface area contributed by atoms with Crippen LogP contribution in [0.1, 0.15) is 45.4 Å². The lowest BCUT2D eigenvalue weighted by molar-refractivity contribution is -0.147. The van der Waals surface area contributed by atoms with E-state index in [1.165, 1.54) is 0 Å². The van der Waals surface area contributed by atoms with E-state index in [2.05, 4.69) is 15.3 Å². The van der Waals surface area contributed by atoms with Gasteiger partial charge in [-0.25, -0.2) is 4.98 Å². The topological polar surface area (TPSA) is 84.1 Å². The maximum atomic E-state index is 12.2. The maximum absolute atomic E-state index is 12.2. The Kier molecular flexibility index (Phi) is 5.06. The van der Waals surface area contributed by atoms with Crippen LogP contribution in [0.4, 0.5) is 0 Å². The Labute approximate surface area is 147 Å². The molecule has 1 aliphatic rings. The SMILES string of the molecule is CC1(C)OC(=O)CC1C(=O)NCCCCCc1nc2ccccc2[nH]1. The average molecular weight is 343 g/mol. The van der Waals surface area contributed by atoms with Crippen molar-refractivity contribution in [2.75, 3.05) is 6.54 Å². The van der Waals surface area contributed by atoms with Crippen molar-refractivity contribution in [1.82, 2.24) is 15.3 Å². The number of fused-ring (bicyclic) bond motifs is 1. The fourth-order valence-corrected chi connectivity index (χ4v) is 3.28. The third-order valence-electron chi connectivity index (χ3n) is 4.73. The number of unbranched alkanes of at least 4 members (excludes halogenated alkanes) is 2. The van der Waals surface area contributed by atoms with Gasteiger partial charge in [-0.15, -0.1) is 0 Å². The number of esters is 1. The fourth-order valence-electron chi connectivity index (χ4n) is 3.28. The second kappa shape index (κ2) is 7.25. The first kappa shape index (κ1) is 17.5. The monoisotopic (exact) mass is 343 g/mol. The zero-order valence-corrected chi connectivity index (χ0v) is 14.8. The molecule has 2 N–H and O–H groups in total. The van der Waals surface area contributed by atoms with E-state index in [1.54, 1.807) is 13.8 Å². The molecule has 3 rings (SSSR count). The van der Waals surface area contributed by atoms with Crippen LogP contribution in [-0.2, 0) is 20.7 Å². The number of ether oxygens (including phenoxy) is 1. The van der Waals surface area contributed by atoms with Gasteiger partial charge in [0.15, 0.2) is 0 Å². The van der Waals surface area contributed by atoms with Gasteiger partial charge in [-0.05, 0) is 38.8 Å². The zero-order valence-electron chi connectivity index (χ0n) is 14.8. The number of aromatic nitrogens is 2. The molecule has 6 heteroatoms. The summed E-state index contributed by atoms with van der Waals surface area (Å²) in [5, 5.41) is 2.93. The molecule has 1 unspecified atom stereocenters. The average Bonchev–Trinajstić information content (AvgIpc) is 3.09. The van der Waals surface area contributed by atoms with E-state index in [0.717, 1.165) is 42.5 Å². The number of benzene rings is 1. The van der Waals surface area contributed by atoms with Crippen LogP contribution in [-0.4, -0.2) is 34.0 Å². The van der Waals surface area contributed by atoms with Crippen LogP contribution in [0.25, 0.3) is 11.0 Å². The minimum Gasteiger partial charge on any atom is -0.459 e. The minimum absolute atomic E-state index is 0.0897. The van der Waals surface area contributed by atoms with Crippen molar-refractivity contribution < 1.29 is 14.3 Å². The first-order valence-electron chi connectivity index (χ1n) is 8.89. The van der Waals surface area contributed by atoms with Crippen LogP contribution in [0.5, 0.6) is 0 Å². The lowest BCUT2D eigenvalue weighted by atomic mass is 9.90. The lowest BCUT2D eigenvalue weighted by Gasteiger charge is -2.23. The highest BCUT2D eigenvalue weighted by Gasteiger charge is 2.45. The second-order valence-electron chi connectivity index (χ2n) is 7.14. The summed E-state index contributed by atoms with van der Waals surface area (Å²) in [4.78, 5) is 31.5. The van der Waals surface area contributed by atoms with Crippen molar-refractivity contribution in [3.63, 3.8) is 0 Å². The molecule has 1 atom stereocenters. The first-order valence-corrected chi connectivity index (χ1v) is 8.89. The number of carbonyl (C=O) groups is 2. The van der Waals surface area contributed by atoms with Crippen LogP contribution >= 0.6 is 0 Å². The summed E-state index contributed by atoms with van der Waals surface area (Å²) < 4.78 is 5.19. The highest BCUT2D eigenvalue weighted by Crippen LogP contribution is 2.32. The summed E-state index contributed by atoms with van der Waals surface area (Å²) in [6.07, 6.45) is 4.02. The van der Waals surface area contributed by atoms with Crippen molar-refractivity contribution in [2.45, 2.75) is 51.6 Å². The third-order valence-corrected chi connectivity index (χ3v) is 4.73. The number of nitrogens with one attached hydrogen (secondary N) is 2. The predicted octanol–water partition coefficient (Wildman–Crippen LogP) is 2.73. The van der Waals surface area contributed by atoms with Crippen molar-refractivity contribution in [2.24, 2.45) is 5.92 Å². The molecule has 2 aromatic rings.